The van der Waals surface area contributed by atoms with Crippen molar-refractivity contribution in [3.63, 3.8) is 0 Å². The minimum atomic E-state index is -1.03. The maximum absolute atomic E-state index is 8.96. The summed E-state index contributed by atoms with van der Waals surface area (Å²) in [4.78, 5) is 0. The number of hydrogen-bond acceptors (Lipinski definition) is 3. The van der Waals surface area contributed by atoms with Gasteiger partial charge in [0.15, 0.2) is 0 Å². The molecule has 0 aliphatic heterocycles. The summed E-state index contributed by atoms with van der Waals surface area (Å²) in [6, 6.07) is 0. The number of unbranched alkanes of at least 4 members (excludes halogenated alkanes) is 3. The molecule has 0 amide bonds. The molecule has 0 saturated heterocycles. The molecule has 1 N–H and O–H groups in total. The smallest absolute Gasteiger partial charge is 0.402 e. The fraction of sp³-hybridized carbons (Fsp3) is 1.00. The van der Waals surface area contributed by atoms with Gasteiger partial charge in [0, 0.05) is 13.2 Å². The van der Waals surface area contributed by atoms with Crippen molar-refractivity contribution in [3.8, 4) is 0 Å². The lowest BCUT2D eigenvalue weighted by Gasteiger charge is -2.06. The van der Waals surface area contributed by atoms with E-state index in [9.17, 15) is 0 Å². The molecule has 0 aromatic carbocycles. The van der Waals surface area contributed by atoms with Gasteiger partial charge in [-0.3, -0.25) is 0 Å². The van der Waals surface area contributed by atoms with Gasteiger partial charge in [0.05, 0.1) is 0 Å². The third-order valence-electron chi connectivity index (χ3n) is 1.57. The van der Waals surface area contributed by atoms with Crippen molar-refractivity contribution in [3.05, 3.63) is 0 Å². The highest BCUT2D eigenvalue weighted by Gasteiger charge is 2.12. The van der Waals surface area contributed by atoms with E-state index in [0.29, 0.717) is 13.2 Å². The molecule has 0 aliphatic carbocycles. The molecule has 4 heteroatoms. The van der Waals surface area contributed by atoms with Crippen molar-refractivity contribution in [2.75, 3.05) is 13.2 Å². The Morgan fingerprint density at radius 2 is 1.83 bits per heavy atom. The van der Waals surface area contributed by atoms with Crippen LogP contribution in [0.25, 0.3) is 0 Å². The molecule has 0 bridgehead atoms. The maximum atomic E-state index is 8.96. The first kappa shape index (κ1) is 11.9. The molecule has 0 fully saturated rings. The summed E-state index contributed by atoms with van der Waals surface area (Å²) in [5.74, 6) is 0. The molecule has 0 rings (SSSR count). The minimum Gasteiger partial charge on any atom is -0.402 e. The van der Waals surface area contributed by atoms with E-state index in [1.54, 1.807) is 0 Å². The highest BCUT2D eigenvalue weighted by atomic mass is 16.7. The molecule has 0 saturated carbocycles. The molecular formula is C8H19BO3. The SMILES string of the molecule is CCCCCCOB(O)OCC. The molecule has 0 aromatic heterocycles. The summed E-state index contributed by atoms with van der Waals surface area (Å²) in [7, 11) is -1.03. The van der Waals surface area contributed by atoms with Crippen LogP contribution in [0.4, 0.5) is 0 Å². The molecule has 72 valence electrons. The molecule has 0 radical (unpaired) electrons. The van der Waals surface area contributed by atoms with E-state index < -0.39 is 7.32 Å². The van der Waals surface area contributed by atoms with Crippen molar-refractivity contribution in [2.24, 2.45) is 0 Å². The van der Waals surface area contributed by atoms with Gasteiger partial charge >= 0.3 is 7.32 Å². The van der Waals surface area contributed by atoms with Gasteiger partial charge in [-0.05, 0) is 13.3 Å². The highest BCUT2D eigenvalue weighted by molar-refractivity contribution is 6.34. The quantitative estimate of drug-likeness (QED) is 0.448. The Morgan fingerprint density at radius 3 is 2.42 bits per heavy atom. The predicted octanol–water partition coefficient (Wildman–Crippen LogP) is 1.60. The lowest BCUT2D eigenvalue weighted by molar-refractivity contribution is 0.136. The Kier molecular flexibility index (Phi) is 8.99. The monoisotopic (exact) mass is 174 g/mol. The van der Waals surface area contributed by atoms with Crippen LogP contribution >= 0.6 is 0 Å². The molecule has 0 aromatic rings. The zero-order chi connectivity index (χ0) is 9.23. The first-order chi connectivity index (χ1) is 5.81. The molecular weight excluding hydrogens is 155 g/mol. The Labute approximate surface area is 75.2 Å². The fourth-order valence-electron chi connectivity index (χ4n) is 0.904. The van der Waals surface area contributed by atoms with Gasteiger partial charge in [-0.25, -0.2) is 0 Å². The van der Waals surface area contributed by atoms with E-state index in [1.165, 1.54) is 12.8 Å². The highest BCUT2D eigenvalue weighted by Crippen LogP contribution is 1.99. The molecule has 0 atom stereocenters. The Balaban J connectivity index is 2.97. The van der Waals surface area contributed by atoms with Crippen molar-refractivity contribution < 1.29 is 14.3 Å². The average molecular weight is 174 g/mol. The zero-order valence-corrected chi connectivity index (χ0v) is 8.08. The fourth-order valence-corrected chi connectivity index (χ4v) is 0.904. The number of hydrogen-bond donors (Lipinski definition) is 1. The average Bonchev–Trinajstić information content (AvgIpc) is 2.05. The van der Waals surface area contributed by atoms with Gasteiger partial charge in [0.2, 0.25) is 0 Å². The van der Waals surface area contributed by atoms with E-state index in [-0.39, 0.29) is 0 Å². The Morgan fingerprint density at radius 1 is 1.08 bits per heavy atom. The van der Waals surface area contributed by atoms with Crippen LogP contribution < -0.4 is 0 Å². The summed E-state index contributed by atoms with van der Waals surface area (Å²) >= 11 is 0. The summed E-state index contributed by atoms with van der Waals surface area (Å²) in [6.07, 6.45) is 4.61. The largest absolute Gasteiger partial charge is 0.636 e. The van der Waals surface area contributed by atoms with Crippen molar-refractivity contribution >= 4 is 7.32 Å². The van der Waals surface area contributed by atoms with Crippen LogP contribution in [0.3, 0.4) is 0 Å². The van der Waals surface area contributed by atoms with E-state index in [0.717, 1.165) is 12.8 Å². The molecule has 12 heavy (non-hydrogen) atoms. The van der Waals surface area contributed by atoms with Gasteiger partial charge < -0.3 is 14.3 Å². The molecule has 3 nitrogen and oxygen atoms in total. The van der Waals surface area contributed by atoms with Crippen molar-refractivity contribution in [1.82, 2.24) is 0 Å². The summed E-state index contributed by atoms with van der Waals surface area (Å²) in [5.41, 5.74) is 0. The van der Waals surface area contributed by atoms with Crippen molar-refractivity contribution in [1.29, 1.82) is 0 Å². The van der Waals surface area contributed by atoms with Crippen LogP contribution in [0.15, 0.2) is 0 Å². The van der Waals surface area contributed by atoms with Gasteiger partial charge in [0.1, 0.15) is 0 Å². The molecule has 0 aliphatic rings. The second kappa shape index (κ2) is 9.04. The Hall–Kier alpha value is -0.0551. The van der Waals surface area contributed by atoms with E-state index >= 15 is 0 Å². The van der Waals surface area contributed by atoms with E-state index in [1.807, 2.05) is 6.92 Å². The first-order valence-electron chi connectivity index (χ1n) is 4.72. The third kappa shape index (κ3) is 8.05. The second-order valence-electron chi connectivity index (χ2n) is 2.69. The van der Waals surface area contributed by atoms with E-state index in [2.05, 4.69) is 6.92 Å². The van der Waals surface area contributed by atoms with Gasteiger partial charge in [-0.15, -0.1) is 0 Å². The summed E-state index contributed by atoms with van der Waals surface area (Å²) in [6.45, 7) is 5.05. The van der Waals surface area contributed by atoms with Crippen LogP contribution in [-0.2, 0) is 9.31 Å². The lowest BCUT2D eigenvalue weighted by atomic mass is 10.2. The van der Waals surface area contributed by atoms with Gasteiger partial charge in [-0.2, -0.15) is 0 Å². The second-order valence-corrected chi connectivity index (χ2v) is 2.69. The molecule has 0 unspecified atom stereocenters. The van der Waals surface area contributed by atoms with Crippen LogP contribution in [0.2, 0.25) is 0 Å². The molecule has 0 heterocycles. The van der Waals surface area contributed by atoms with Gasteiger partial charge in [-0.1, -0.05) is 26.2 Å². The molecule has 0 spiro atoms. The normalized spacial score (nSPS) is 10.2. The van der Waals surface area contributed by atoms with Crippen LogP contribution in [0, 0.1) is 0 Å². The number of rotatable bonds is 8. The lowest BCUT2D eigenvalue weighted by Crippen LogP contribution is -2.22. The van der Waals surface area contributed by atoms with Crippen LogP contribution in [0.1, 0.15) is 39.5 Å². The maximum Gasteiger partial charge on any atom is 0.636 e. The van der Waals surface area contributed by atoms with Crippen LogP contribution in [-0.4, -0.2) is 25.6 Å². The van der Waals surface area contributed by atoms with Gasteiger partial charge in [0.25, 0.3) is 0 Å². The Bertz CT molecular complexity index is 90.4. The van der Waals surface area contributed by atoms with E-state index in [4.69, 9.17) is 14.3 Å². The summed E-state index contributed by atoms with van der Waals surface area (Å²) < 4.78 is 9.74. The van der Waals surface area contributed by atoms with Crippen LogP contribution in [0.5, 0.6) is 0 Å². The summed E-state index contributed by atoms with van der Waals surface area (Å²) in [5, 5.41) is 8.96. The minimum absolute atomic E-state index is 0.482. The first-order valence-corrected chi connectivity index (χ1v) is 4.72. The zero-order valence-electron chi connectivity index (χ0n) is 8.08. The predicted molar refractivity (Wildman–Crippen MR) is 49.7 cm³/mol. The topological polar surface area (TPSA) is 38.7 Å². The third-order valence-corrected chi connectivity index (χ3v) is 1.57. The van der Waals surface area contributed by atoms with Crippen molar-refractivity contribution in [2.45, 2.75) is 39.5 Å². The standard InChI is InChI=1S/C8H19BO3/c1-3-5-6-7-8-12-9(10)11-4-2/h10H,3-8H2,1-2H3.